The van der Waals surface area contributed by atoms with Gasteiger partial charge in [-0.15, -0.1) is 0 Å². The molecular weight excluding hydrogens is 402 g/mol. The smallest absolute Gasteiger partial charge is 0.276 e. The Bertz CT molecular complexity index is 1110. The van der Waals surface area contributed by atoms with Crippen molar-refractivity contribution in [1.29, 1.82) is 0 Å². The SMILES string of the molecule is CC(C)n1cccc(C(=O)N/N=C\c2cccc(OCc3ccc(Cl)cc3)c2)c1=O. The lowest BCUT2D eigenvalue weighted by molar-refractivity contribution is 0.0953. The van der Waals surface area contributed by atoms with Gasteiger partial charge < -0.3 is 9.30 Å². The molecule has 0 saturated carbocycles. The Kier molecular flexibility index (Phi) is 7.03. The van der Waals surface area contributed by atoms with E-state index in [0.717, 1.165) is 11.1 Å². The quantitative estimate of drug-likeness (QED) is 0.451. The molecule has 0 radical (unpaired) electrons. The van der Waals surface area contributed by atoms with Crippen molar-refractivity contribution in [3.63, 3.8) is 0 Å². The first-order valence-corrected chi connectivity index (χ1v) is 9.83. The van der Waals surface area contributed by atoms with Crippen LogP contribution in [-0.4, -0.2) is 16.7 Å². The Balaban J connectivity index is 1.62. The number of ether oxygens (including phenoxy) is 1. The minimum atomic E-state index is -0.554. The number of hydrazone groups is 1. The normalized spacial score (nSPS) is 11.1. The van der Waals surface area contributed by atoms with Crippen molar-refractivity contribution in [1.82, 2.24) is 9.99 Å². The van der Waals surface area contributed by atoms with E-state index in [2.05, 4.69) is 10.5 Å². The van der Waals surface area contributed by atoms with Gasteiger partial charge in [0.05, 0.1) is 6.21 Å². The van der Waals surface area contributed by atoms with E-state index < -0.39 is 5.91 Å². The zero-order chi connectivity index (χ0) is 21.5. The topological polar surface area (TPSA) is 72.7 Å². The third-order valence-corrected chi connectivity index (χ3v) is 4.58. The molecule has 0 spiro atoms. The molecule has 1 heterocycles. The molecule has 2 aromatic carbocycles. The highest BCUT2D eigenvalue weighted by atomic mass is 35.5. The number of hydrogen-bond donors (Lipinski definition) is 1. The van der Waals surface area contributed by atoms with Crippen molar-refractivity contribution in [2.24, 2.45) is 5.10 Å². The molecule has 0 atom stereocenters. The van der Waals surface area contributed by atoms with Gasteiger partial charge in [-0.1, -0.05) is 35.9 Å². The molecule has 6 nitrogen and oxygen atoms in total. The van der Waals surface area contributed by atoms with Gasteiger partial charge in [0.1, 0.15) is 17.9 Å². The van der Waals surface area contributed by atoms with Crippen molar-refractivity contribution in [2.45, 2.75) is 26.5 Å². The van der Waals surface area contributed by atoms with Crippen molar-refractivity contribution < 1.29 is 9.53 Å². The van der Waals surface area contributed by atoms with Crippen LogP contribution in [0.3, 0.4) is 0 Å². The molecule has 0 aliphatic rings. The Morgan fingerprint density at radius 2 is 1.93 bits per heavy atom. The van der Waals surface area contributed by atoms with Gasteiger partial charge in [0.15, 0.2) is 0 Å². The molecule has 30 heavy (non-hydrogen) atoms. The summed E-state index contributed by atoms with van der Waals surface area (Å²) in [7, 11) is 0. The number of aromatic nitrogens is 1. The molecular formula is C23H22ClN3O3. The van der Waals surface area contributed by atoms with E-state index in [-0.39, 0.29) is 17.2 Å². The van der Waals surface area contributed by atoms with Crippen LogP contribution in [0.1, 0.15) is 41.4 Å². The molecule has 3 aromatic rings. The van der Waals surface area contributed by atoms with E-state index >= 15 is 0 Å². The number of benzene rings is 2. The molecule has 0 bridgehead atoms. The van der Waals surface area contributed by atoms with Crippen LogP contribution in [0.25, 0.3) is 0 Å². The zero-order valence-corrected chi connectivity index (χ0v) is 17.5. The van der Waals surface area contributed by atoms with Crippen LogP contribution >= 0.6 is 11.6 Å². The first-order valence-electron chi connectivity index (χ1n) is 9.46. The van der Waals surface area contributed by atoms with E-state index in [0.29, 0.717) is 17.4 Å². The largest absolute Gasteiger partial charge is 0.489 e. The van der Waals surface area contributed by atoms with Gasteiger partial charge in [0.25, 0.3) is 11.5 Å². The summed E-state index contributed by atoms with van der Waals surface area (Å²) in [4.78, 5) is 24.7. The fraction of sp³-hybridized carbons (Fsp3) is 0.174. The molecule has 0 aliphatic carbocycles. The van der Waals surface area contributed by atoms with Crippen LogP contribution in [0.5, 0.6) is 5.75 Å². The van der Waals surface area contributed by atoms with Crippen LogP contribution in [0.15, 0.2) is 76.8 Å². The molecule has 0 aliphatic heterocycles. The highest BCUT2D eigenvalue weighted by Gasteiger charge is 2.12. The first kappa shape index (κ1) is 21.3. The van der Waals surface area contributed by atoms with Gasteiger partial charge in [0.2, 0.25) is 0 Å². The van der Waals surface area contributed by atoms with Crippen molar-refractivity contribution in [2.75, 3.05) is 0 Å². The number of carbonyl (C=O) groups is 1. The summed E-state index contributed by atoms with van der Waals surface area (Å²) in [6, 6.07) is 17.9. The second-order valence-corrected chi connectivity index (χ2v) is 7.35. The fourth-order valence-electron chi connectivity index (χ4n) is 2.75. The molecule has 1 amide bonds. The first-order chi connectivity index (χ1) is 14.4. The molecule has 0 saturated heterocycles. The maximum Gasteiger partial charge on any atom is 0.276 e. The maximum atomic E-state index is 12.4. The Morgan fingerprint density at radius 1 is 1.17 bits per heavy atom. The average Bonchev–Trinajstić information content (AvgIpc) is 2.73. The Labute approximate surface area is 179 Å². The van der Waals surface area contributed by atoms with E-state index in [1.165, 1.54) is 16.8 Å². The van der Waals surface area contributed by atoms with Gasteiger partial charge in [0, 0.05) is 17.3 Å². The number of rotatable bonds is 7. The molecule has 7 heteroatoms. The van der Waals surface area contributed by atoms with Crippen LogP contribution in [0, 0.1) is 0 Å². The zero-order valence-electron chi connectivity index (χ0n) is 16.7. The molecule has 3 rings (SSSR count). The summed E-state index contributed by atoms with van der Waals surface area (Å²) in [6.07, 6.45) is 3.15. The summed E-state index contributed by atoms with van der Waals surface area (Å²) >= 11 is 5.89. The lowest BCUT2D eigenvalue weighted by Crippen LogP contribution is -2.31. The van der Waals surface area contributed by atoms with E-state index in [9.17, 15) is 9.59 Å². The second kappa shape index (κ2) is 9.89. The number of nitrogens with one attached hydrogen (secondary N) is 1. The molecule has 1 N–H and O–H groups in total. The highest BCUT2D eigenvalue weighted by Crippen LogP contribution is 2.15. The maximum absolute atomic E-state index is 12.4. The number of carbonyl (C=O) groups excluding carboxylic acids is 1. The average molecular weight is 424 g/mol. The number of nitrogens with zero attached hydrogens (tertiary/aromatic N) is 2. The van der Waals surface area contributed by atoms with Gasteiger partial charge >= 0.3 is 0 Å². The molecule has 0 unspecified atom stereocenters. The minimum Gasteiger partial charge on any atom is -0.489 e. The molecule has 1 aromatic heterocycles. The number of halogens is 1. The summed E-state index contributed by atoms with van der Waals surface area (Å²) < 4.78 is 7.28. The van der Waals surface area contributed by atoms with Gasteiger partial charge in [-0.2, -0.15) is 5.10 Å². The summed E-state index contributed by atoms with van der Waals surface area (Å²) in [6.45, 7) is 4.16. The minimum absolute atomic E-state index is 0.0376. The predicted molar refractivity (Wildman–Crippen MR) is 118 cm³/mol. The Morgan fingerprint density at radius 3 is 2.67 bits per heavy atom. The van der Waals surface area contributed by atoms with Crippen LogP contribution in [0.2, 0.25) is 5.02 Å². The number of pyridine rings is 1. The number of hydrogen-bond acceptors (Lipinski definition) is 4. The molecule has 154 valence electrons. The summed E-state index contributed by atoms with van der Waals surface area (Å²) in [5, 5.41) is 4.64. The predicted octanol–water partition coefficient (Wildman–Crippen LogP) is 4.43. The lowest BCUT2D eigenvalue weighted by Gasteiger charge is -2.10. The van der Waals surface area contributed by atoms with E-state index in [1.54, 1.807) is 18.3 Å². The number of amides is 1. The summed E-state index contributed by atoms with van der Waals surface area (Å²) in [5.41, 5.74) is 3.84. The van der Waals surface area contributed by atoms with Gasteiger partial charge in [-0.05, 0) is 61.4 Å². The third kappa shape index (κ3) is 5.58. The molecule has 0 fully saturated rings. The van der Waals surface area contributed by atoms with Gasteiger partial charge in [-0.25, -0.2) is 5.43 Å². The van der Waals surface area contributed by atoms with Crippen molar-refractivity contribution in [3.05, 3.63) is 98.9 Å². The van der Waals surface area contributed by atoms with E-state index in [4.69, 9.17) is 16.3 Å². The highest BCUT2D eigenvalue weighted by molar-refractivity contribution is 6.30. The fourth-order valence-corrected chi connectivity index (χ4v) is 2.87. The van der Waals surface area contributed by atoms with Crippen LogP contribution < -0.4 is 15.7 Å². The van der Waals surface area contributed by atoms with Crippen LogP contribution in [0.4, 0.5) is 0 Å². The van der Waals surface area contributed by atoms with Crippen molar-refractivity contribution in [3.8, 4) is 5.75 Å². The van der Waals surface area contributed by atoms with Gasteiger partial charge in [-0.3, -0.25) is 9.59 Å². The van der Waals surface area contributed by atoms with Crippen molar-refractivity contribution >= 4 is 23.7 Å². The van der Waals surface area contributed by atoms with Crippen LogP contribution in [-0.2, 0) is 6.61 Å². The third-order valence-electron chi connectivity index (χ3n) is 4.33. The lowest BCUT2D eigenvalue weighted by atomic mass is 10.2. The van der Waals surface area contributed by atoms with E-state index in [1.807, 2.05) is 56.3 Å². The standard InChI is InChI=1S/C23H22ClN3O3/c1-16(2)27-12-4-7-21(23(27)29)22(28)26-25-14-18-5-3-6-20(13-18)30-15-17-8-10-19(24)11-9-17/h3-14,16H,15H2,1-2H3,(H,26,28)/b25-14-. The summed E-state index contributed by atoms with van der Waals surface area (Å²) in [5.74, 6) is 0.115. The monoisotopic (exact) mass is 423 g/mol. The Hall–Kier alpha value is -3.38. The second-order valence-electron chi connectivity index (χ2n) is 6.91.